The molecule has 0 radical (unpaired) electrons. The third-order valence-electron chi connectivity index (χ3n) is 4.70. The Morgan fingerprint density at radius 1 is 1.32 bits per heavy atom. The number of ketones is 1. The Morgan fingerprint density at radius 2 is 1.95 bits per heavy atom. The van der Waals surface area contributed by atoms with Gasteiger partial charge in [0.1, 0.15) is 11.5 Å². The van der Waals surface area contributed by atoms with Gasteiger partial charge in [0.25, 0.3) is 0 Å². The van der Waals surface area contributed by atoms with Crippen molar-refractivity contribution in [2.24, 2.45) is 5.92 Å². The maximum absolute atomic E-state index is 12.3. The summed E-state index contributed by atoms with van der Waals surface area (Å²) in [7, 11) is 0. The Bertz CT molecular complexity index is 712. The van der Waals surface area contributed by atoms with Crippen molar-refractivity contribution in [2.75, 3.05) is 0 Å². The van der Waals surface area contributed by atoms with Gasteiger partial charge in [-0.25, -0.2) is 0 Å². The molecule has 4 nitrogen and oxygen atoms in total. The van der Waals surface area contributed by atoms with Gasteiger partial charge in [0.15, 0.2) is 0 Å². The lowest BCUT2D eigenvalue weighted by Gasteiger charge is -2.40. The van der Waals surface area contributed by atoms with E-state index in [9.17, 15) is 9.90 Å². The molecule has 0 saturated carbocycles. The zero-order valence-corrected chi connectivity index (χ0v) is 13.4. The SMILES string of the molecule is CC(=O)C1C(c2ccc(C)cc2)c2c(noc2C)CC1(C)O. The van der Waals surface area contributed by atoms with Crippen molar-refractivity contribution in [3.63, 3.8) is 0 Å². The molecule has 1 aliphatic carbocycles. The predicted octanol–water partition coefficient (Wildman–Crippen LogP) is 2.94. The monoisotopic (exact) mass is 299 g/mol. The van der Waals surface area contributed by atoms with Crippen molar-refractivity contribution in [1.82, 2.24) is 5.16 Å². The van der Waals surface area contributed by atoms with E-state index in [0.717, 1.165) is 28.1 Å². The van der Waals surface area contributed by atoms with Crippen LogP contribution in [-0.2, 0) is 11.2 Å². The summed E-state index contributed by atoms with van der Waals surface area (Å²) in [5, 5.41) is 14.9. The Morgan fingerprint density at radius 3 is 2.55 bits per heavy atom. The van der Waals surface area contributed by atoms with Gasteiger partial charge in [0.05, 0.1) is 17.2 Å². The van der Waals surface area contributed by atoms with Gasteiger partial charge < -0.3 is 9.63 Å². The van der Waals surface area contributed by atoms with Crippen molar-refractivity contribution in [2.45, 2.75) is 45.6 Å². The van der Waals surface area contributed by atoms with Crippen molar-refractivity contribution < 1.29 is 14.4 Å². The number of aryl methyl sites for hydroxylation is 2. The first-order valence-electron chi connectivity index (χ1n) is 7.55. The number of hydrogen-bond donors (Lipinski definition) is 1. The van der Waals surface area contributed by atoms with Crippen molar-refractivity contribution in [1.29, 1.82) is 0 Å². The van der Waals surface area contributed by atoms with Crippen LogP contribution in [0.5, 0.6) is 0 Å². The fraction of sp³-hybridized carbons (Fsp3) is 0.444. The molecule has 1 aliphatic rings. The average molecular weight is 299 g/mol. The molecule has 116 valence electrons. The van der Waals surface area contributed by atoms with E-state index in [1.54, 1.807) is 13.8 Å². The lowest BCUT2D eigenvalue weighted by molar-refractivity contribution is -0.130. The second kappa shape index (κ2) is 5.06. The molecule has 1 heterocycles. The molecular weight excluding hydrogens is 278 g/mol. The first-order chi connectivity index (χ1) is 10.3. The van der Waals surface area contributed by atoms with Crippen LogP contribution in [0.4, 0.5) is 0 Å². The van der Waals surface area contributed by atoms with Gasteiger partial charge in [-0.1, -0.05) is 35.0 Å². The molecule has 0 spiro atoms. The van der Waals surface area contributed by atoms with E-state index in [2.05, 4.69) is 5.16 Å². The highest BCUT2D eigenvalue weighted by Gasteiger charge is 2.49. The van der Waals surface area contributed by atoms with E-state index in [4.69, 9.17) is 4.52 Å². The summed E-state index contributed by atoms with van der Waals surface area (Å²) in [6.45, 7) is 7.16. The largest absolute Gasteiger partial charge is 0.389 e. The van der Waals surface area contributed by atoms with Crippen molar-refractivity contribution in [3.8, 4) is 0 Å². The summed E-state index contributed by atoms with van der Waals surface area (Å²) in [6.07, 6.45) is 0.340. The molecule has 4 heteroatoms. The maximum Gasteiger partial charge on any atom is 0.137 e. The highest BCUT2D eigenvalue weighted by Crippen LogP contribution is 2.47. The first-order valence-corrected chi connectivity index (χ1v) is 7.55. The summed E-state index contributed by atoms with van der Waals surface area (Å²) in [6, 6.07) is 8.10. The minimum absolute atomic E-state index is 0.0122. The third-order valence-corrected chi connectivity index (χ3v) is 4.70. The van der Waals surface area contributed by atoms with Crippen LogP contribution in [0.1, 0.15) is 47.9 Å². The second-order valence-corrected chi connectivity index (χ2v) is 6.61. The van der Waals surface area contributed by atoms with E-state index < -0.39 is 11.5 Å². The molecule has 0 aliphatic heterocycles. The molecule has 0 fully saturated rings. The van der Waals surface area contributed by atoms with Gasteiger partial charge in [0, 0.05) is 17.9 Å². The van der Waals surface area contributed by atoms with E-state index in [1.165, 1.54) is 0 Å². The highest BCUT2D eigenvalue weighted by atomic mass is 16.5. The third kappa shape index (κ3) is 2.28. The van der Waals surface area contributed by atoms with Gasteiger partial charge in [-0.3, -0.25) is 4.79 Å². The average Bonchev–Trinajstić information content (AvgIpc) is 2.77. The van der Waals surface area contributed by atoms with Gasteiger partial charge in [0.2, 0.25) is 0 Å². The number of aliphatic hydroxyl groups is 1. The number of aromatic nitrogens is 1. The number of carbonyl (C=O) groups is 1. The summed E-state index contributed by atoms with van der Waals surface area (Å²) < 4.78 is 5.34. The van der Waals surface area contributed by atoms with Crippen LogP contribution >= 0.6 is 0 Å². The summed E-state index contributed by atoms with van der Waals surface area (Å²) in [5.74, 6) is -0.00643. The van der Waals surface area contributed by atoms with Crippen LogP contribution < -0.4 is 0 Å². The van der Waals surface area contributed by atoms with E-state index >= 15 is 0 Å². The molecule has 22 heavy (non-hydrogen) atoms. The number of carbonyl (C=O) groups excluding carboxylic acids is 1. The minimum atomic E-state index is -1.13. The van der Waals surface area contributed by atoms with Crippen LogP contribution in [0.25, 0.3) is 0 Å². The molecule has 0 amide bonds. The zero-order valence-electron chi connectivity index (χ0n) is 13.4. The molecule has 1 N–H and O–H groups in total. The number of nitrogens with zero attached hydrogens (tertiary/aromatic N) is 1. The van der Waals surface area contributed by atoms with Crippen LogP contribution in [0.2, 0.25) is 0 Å². The lowest BCUT2D eigenvalue weighted by atomic mass is 9.64. The number of hydrogen-bond acceptors (Lipinski definition) is 4. The number of fused-ring (bicyclic) bond motifs is 1. The number of rotatable bonds is 2. The normalized spacial score (nSPS) is 27.5. The van der Waals surface area contributed by atoms with Gasteiger partial charge >= 0.3 is 0 Å². The van der Waals surface area contributed by atoms with E-state index in [-0.39, 0.29) is 11.7 Å². The molecule has 1 aromatic carbocycles. The highest BCUT2D eigenvalue weighted by molar-refractivity contribution is 5.82. The molecule has 3 rings (SSSR count). The van der Waals surface area contributed by atoms with Gasteiger partial charge in [-0.2, -0.15) is 0 Å². The van der Waals surface area contributed by atoms with E-state index in [1.807, 2.05) is 38.1 Å². The standard InChI is InChI=1S/C18H21NO3/c1-10-5-7-13(8-6-10)16-15-12(3)22-19-14(15)9-18(4,21)17(16)11(2)20/h5-8,16-17,21H,9H2,1-4H3. The Hall–Kier alpha value is -1.94. The van der Waals surface area contributed by atoms with Gasteiger partial charge in [-0.05, 0) is 33.3 Å². The van der Waals surface area contributed by atoms with Crippen LogP contribution in [0.3, 0.4) is 0 Å². The summed E-state index contributed by atoms with van der Waals surface area (Å²) in [5.41, 5.74) is 2.75. The molecule has 1 aromatic heterocycles. The Kier molecular flexibility index (Phi) is 3.44. The van der Waals surface area contributed by atoms with Gasteiger partial charge in [-0.15, -0.1) is 0 Å². The van der Waals surface area contributed by atoms with Crippen LogP contribution in [-0.4, -0.2) is 21.6 Å². The second-order valence-electron chi connectivity index (χ2n) is 6.61. The predicted molar refractivity (Wildman–Crippen MR) is 82.8 cm³/mol. The summed E-state index contributed by atoms with van der Waals surface area (Å²) >= 11 is 0. The minimum Gasteiger partial charge on any atom is -0.389 e. The molecule has 0 saturated heterocycles. The zero-order chi connectivity index (χ0) is 16.1. The quantitative estimate of drug-likeness (QED) is 0.926. The Balaban J connectivity index is 2.23. The maximum atomic E-state index is 12.3. The molecule has 3 unspecified atom stereocenters. The van der Waals surface area contributed by atoms with Crippen molar-refractivity contribution in [3.05, 3.63) is 52.4 Å². The smallest absolute Gasteiger partial charge is 0.137 e. The molecule has 2 aromatic rings. The lowest BCUT2D eigenvalue weighted by Crippen LogP contribution is -2.48. The molecule has 0 bridgehead atoms. The van der Waals surface area contributed by atoms with Crippen molar-refractivity contribution >= 4 is 5.78 Å². The molecule has 3 atom stereocenters. The summed E-state index contributed by atoms with van der Waals surface area (Å²) in [4.78, 5) is 12.3. The number of Topliss-reactive ketones (excluding diaryl/α,β-unsaturated/α-hetero) is 1. The Labute approximate surface area is 130 Å². The van der Waals surface area contributed by atoms with Crippen LogP contribution in [0.15, 0.2) is 28.8 Å². The topological polar surface area (TPSA) is 63.3 Å². The first kappa shape index (κ1) is 15.0. The molecular formula is C18H21NO3. The fourth-order valence-corrected chi connectivity index (χ4v) is 3.73. The van der Waals surface area contributed by atoms with E-state index in [0.29, 0.717) is 6.42 Å². The fourth-order valence-electron chi connectivity index (χ4n) is 3.73. The number of benzene rings is 1. The van der Waals surface area contributed by atoms with Crippen LogP contribution in [0, 0.1) is 19.8 Å².